The number of rotatable bonds is 5. The number of aryl methyl sites for hydroxylation is 1. The monoisotopic (exact) mass is 397 g/mol. The van der Waals surface area contributed by atoms with Gasteiger partial charge in [0.25, 0.3) is 5.69 Å². The SMILES string of the molecule is CN[C@@H]1CCCN(c2nc(Nc3ccc(N)c([N+](=O)[O-])c3)nc3c2CCCC3)C1. The fraction of sp³-hybridized carbons (Fsp3) is 0.500. The Bertz CT molecular complexity index is 918. The second kappa shape index (κ2) is 8.20. The summed E-state index contributed by atoms with van der Waals surface area (Å²) in [5.74, 6) is 1.48. The third kappa shape index (κ3) is 4.09. The van der Waals surface area contributed by atoms with Crippen LogP contribution in [0.15, 0.2) is 18.2 Å². The van der Waals surface area contributed by atoms with Crippen LogP contribution in [0.5, 0.6) is 0 Å². The van der Waals surface area contributed by atoms with E-state index >= 15 is 0 Å². The molecule has 4 N–H and O–H groups in total. The minimum Gasteiger partial charge on any atom is -0.393 e. The van der Waals surface area contributed by atoms with Crippen molar-refractivity contribution in [2.45, 2.75) is 44.6 Å². The molecule has 2 heterocycles. The Kier molecular flexibility index (Phi) is 5.48. The molecule has 2 aromatic rings. The number of fused-ring (bicyclic) bond motifs is 1. The smallest absolute Gasteiger partial charge is 0.294 e. The number of anilines is 4. The number of nitrogens with two attached hydrogens (primary N) is 1. The number of benzene rings is 1. The van der Waals surface area contributed by atoms with E-state index in [9.17, 15) is 10.1 Å². The summed E-state index contributed by atoms with van der Waals surface area (Å²) in [5, 5.41) is 17.7. The maximum atomic E-state index is 11.2. The van der Waals surface area contributed by atoms with Gasteiger partial charge in [-0.05, 0) is 57.7 Å². The van der Waals surface area contributed by atoms with E-state index in [0.717, 1.165) is 56.7 Å². The molecule has 2 aliphatic rings. The van der Waals surface area contributed by atoms with E-state index in [1.54, 1.807) is 6.07 Å². The van der Waals surface area contributed by atoms with Crippen LogP contribution in [0.25, 0.3) is 0 Å². The number of likely N-dealkylation sites (N-methyl/N-ethyl adjacent to an activating group) is 1. The molecule has 0 amide bonds. The number of nitrogens with one attached hydrogen (secondary N) is 2. The van der Waals surface area contributed by atoms with E-state index in [-0.39, 0.29) is 11.4 Å². The third-order valence-corrected chi connectivity index (χ3v) is 5.77. The molecule has 29 heavy (non-hydrogen) atoms. The average Bonchev–Trinajstić information content (AvgIpc) is 2.74. The van der Waals surface area contributed by atoms with E-state index in [0.29, 0.717) is 17.7 Å². The normalized spacial score (nSPS) is 18.9. The predicted molar refractivity (Wildman–Crippen MR) is 114 cm³/mol. The van der Waals surface area contributed by atoms with Gasteiger partial charge in [0.05, 0.1) is 10.6 Å². The molecule has 0 unspecified atom stereocenters. The molecule has 9 heteroatoms. The number of hydrogen-bond acceptors (Lipinski definition) is 8. The van der Waals surface area contributed by atoms with Gasteiger partial charge in [-0.1, -0.05) is 0 Å². The van der Waals surface area contributed by atoms with Gasteiger partial charge in [-0.2, -0.15) is 4.98 Å². The number of nitro groups is 1. The molecule has 1 fully saturated rings. The molecule has 0 radical (unpaired) electrons. The number of nitrogens with zero attached hydrogens (tertiary/aromatic N) is 4. The Morgan fingerprint density at radius 2 is 2.07 bits per heavy atom. The highest BCUT2D eigenvalue weighted by Crippen LogP contribution is 2.32. The number of aromatic nitrogens is 2. The van der Waals surface area contributed by atoms with Gasteiger partial charge in [0.2, 0.25) is 5.95 Å². The maximum absolute atomic E-state index is 11.2. The molecule has 4 rings (SSSR count). The van der Waals surface area contributed by atoms with Crippen molar-refractivity contribution < 1.29 is 4.92 Å². The van der Waals surface area contributed by atoms with Crippen LogP contribution < -0.4 is 21.3 Å². The standard InChI is InChI=1S/C20H27N7O2/c1-22-14-5-4-10-26(12-14)19-15-6-2-3-7-17(15)24-20(25-19)23-13-8-9-16(21)18(11-13)27(28)29/h8-9,11,14,22H,2-7,10,12,21H2,1H3,(H,23,24,25)/t14-/m1/s1. The van der Waals surface area contributed by atoms with Crippen LogP contribution in [0, 0.1) is 10.1 Å². The van der Waals surface area contributed by atoms with Gasteiger partial charge in [-0.25, -0.2) is 4.98 Å². The molecular weight excluding hydrogens is 370 g/mol. The minimum atomic E-state index is -0.481. The van der Waals surface area contributed by atoms with Crippen molar-refractivity contribution in [2.24, 2.45) is 0 Å². The van der Waals surface area contributed by atoms with Crippen molar-refractivity contribution in [3.63, 3.8) is 0 Å². The summed E-state index contributed by atoms with van der Waals surface area (Å²) < 4.78 is 0. The minimum absolute atomic E-state index is 0.124. The van der Waals surface area contributed by atoms with Crippen molar-refractivity contribution in [1.29, 1.82) is 0 Å². The first-order valence-electron chi connectivity index (χ1n) is 10.2. The largest absolute Gasteiger partial charge is 0.393 e. The Labute approximate surface area is 169 Å². The predicted octanol–water partition coefficient (Wildman–Crippen LogP) is 2.78. The zero-order chi connectivity index (χ0) is 20.4. The van der Waals surface area contributed by atoms with Crippen LogP contribution in [0.2, 0.25) is 0 Å². The summed E-state index contributed by atoms with van der Waals surface area (Å²) in [6.45, 7) is 1.90. The lowest BCUT2D eigenvalue weighted by atomic mass is 9.95. The molecule has 1 saturated heterocycles. The van der Waals surface area contributed by atoms with Crippen molar-refractivity contribution in [1.82, 2.24) is 15.3 Å². The molecule has 0 bridgehead atoms. The highest BCUT2D eigenvalue weighted by atomic mass is 16.6. The van der Waals surface area contributed by atoms with E-state index in [4.69, 9.17) is 15.7 Å². The first-order valence-corrected chi connectivity index (χ1v) is 10.2. The number of piperidine rings is 1. The first kappa shape index (κ1) is 19.4. The summed E-state index contributed by atoms with van der Waals surface area (Å²) in [6, 6.07) is 5.12. The highest BCUT2D eigenvalue weighted by Gasteiger charge is 2.26. The Balaban J connectivity index is 1.68. The second-order valence-electron chi connectivity index (χ2n) is 7.73. The number of hydrogen-bond donors (Lipinski definition) is 3. The second-order valence-corrected chi connectivity index (χ2v) is 7.73. The van der Waals surface area contributed by atoms with Crippen LogP contribution in [0.4, 0.5) is 28.8 Å². The molecule has 1 aromatic carbocycles. The lowest BCUT2D eigenvalue weighted by Gasteiger charge is -2.35. The fourth-order valence-corrected chi connectivity index (χ4v) is 4.21. The molecule has 1 aliphatic heterocycles. The van der Waals surface area contributed by atoms with Crippen molar-refractivity contribution in [3.05, 3.63) is 39.6 Å². The molecule has 0 saturated carbocycles. The van der Waals surface area contributed by atoms with Gasteiger partial charge in [-0.15, -0.1) is 0 Å². The number of nitro benzene ring substituents is 1. The van der Waals surface area contributed by atoms with Gasteiger partial charge in [0.15, 0.2) is 0 Å². The van der Waals surface area contributed by atoms with E-state index in [1.807, 2.05) is 7.05 Å². The lowest BCUT2D eigenvalue weighted by Crippen LogP contribution is -2.45. The summed E-state index contributed by atoms with van der Waals surface area (Å²) in [6.07, 6.45) is 6.50. The molecule has 0 spiro atoms. The van der Waals surface area contributed by atoms with Crippen LogP contribution in [0.1, 0.15) is 36.9 Å². The molecule has 154 valence electrons. The van der Waals surface area contributed by atoms with E-state index in [1.165, 1.54) is 24.1 Å². The van der Waals surface area contributed by atoms with Crippen LogP contribution >= 0.6 is 0 Å². The van der Waals surface area contributed by atoms with Crippen molar-refractivity contribution in [2.75, 3.05) is 36.1 Å². The lowest BCUT2D eigenvalue weighted by molar-refractivity contribution is -0.383. The van der Waals surface area contributed by atoms with Crippen LogP contribution in [-0.4, -0.2) is 41.1 Å². The first-order chi connectivity index (χ1) is 14.0. The molecule has 1 aromatic heterocycles. The van der Waals surface area contributed by atoms with Gasteiger partial charge >= 0.3 is 0 Å². The van der Waals surface area contributed by atoms with Gasteiger partial charge in [0, 0.05) is 36.4 Å². The zero-order valence-electron chi connectivity index (χ0n) is 16.6. The Hall–Kier alpha value is -2.94. The summed E-state index contributed by atoms with van der Waals surface area (Å²) in [4.78, 5) is 22.6. The van der Waals surface area contributed by atoms with Crippen LogP contribution in [-0.2, 0) is 12.8 Å². The summed E-state index contributed by atoms with van der Waals surface area (Å²) >= 11 is 0. The van der Waals surface area contributed by atoms with Gasteiger partial charge < -0.3 is 21.3 Å². The quantitative estimate of drug-likeness (QED) is 0.400. The topological polar surface area (TPSA) is 122 Å². The Morgan fingerprint density at radius 3 is 2.86 bits per heavy atom. The number of nitrogen functional groups attached to an aromatic ring is 1. The maximum Gasteiger partial charge on any atom is 0.294 e. The van der Waals surface area contributed by atoms with Crippen molar-refractivity contribution in [3.8, 4) is 0 Å². The fourth-order valence-electron chi connectivity index (χ4n) is 4.21. The van der Waals surface area contributed by atoms with E-state index in [2.05, 4.69) is 15.5 Å². The van der Waals surface area contributed by atoms with E-state index < -0.39 is 4.92 Å². The highest BCUT2D eigenvalue weighted by molar-refractivity contribution is 5.68. The van der Waals surface area contributed by atoms with Gasteiger partial charge in [0.1, 0.15) is 11.5 Å². The molecule has 1 aliphatic carbocycles. The Morgan fingerprint density at radius 1 is 1.24 bits per heavy atom. The molecular formula is C20H27N7O2. The molecule has 1 atom stereocenters. The average molecular weight is 397 g/mol. The summed E-state index contributed by atoms with van der Waals surface area (Å²) in [7, 11) is 2.00. The van der Waals surface area contributed by atoms with Gasteiger partial charge in [-0.3, -0.25) is 10.1 Å². The third-order valence-electron chi connectivity index (χ3n) is 5.77. The van der Waals surface area contributed by atoms with Crippen molar-refractivity contribution >= 4 is 28.8 Å². The summed E-state index contributed by atoms with van der Waals surface area (Å²) in [5.41, 5.74) is 8.61. The molecule has 9 nitrogen and oxygen atoms in total. The van der Waals surface area contributed by atoms with Crippen LogP contribution in [0.3, 0.4) is 0 Å². The zero-order valence-corrected chi connectivity index (χ0v) is 16.6.